The number of carbonyl (C=O) groups is 3. The van der Waals surface area contributed by atoms with E-state index in [1.54, 1.807) is 0 Å². The Labute approximate surface area is 673 Å². The van der Waals surface area contributed by atoms with Gasteiger partial charge in [-0.25, -0.2) is 0 Å². The molecule has 0 aromatic rings. The maximum absolute atomic E-state index is 13.5. The third-order valence-electron chi connectivity index (χ3n) is 22.0. The number of ether oxygens (including phenoxy) is 19. The smallest absolute Gasteiger partial charge is 0.217 e. The van der Waals surface area contributed by atoms with Crippen LogP contribution < -0.4 is 16.0 Å². The summed E-state index contributed by atoms with van der Waals surface area (Å²) in [7, 11) is 0. The first kappa shape index (κ1) is 97.7. The van der Waals surface area contributed by atoms with Gasteiger partial charge >= 0.3 is 0 Å². The van der Waals surface area contributed by atoms with Crippen LogP contribution in [0.25, 0.3) is 0 Å². The van der Waals surface area contributed by atoms with Crippen molar-refractivity contribution in [2.24, 2.45) is 0 Å². The number of aliphatic hydroxyl groups is 28. The van der Waals surface area contributed by atoms with Crippen molar-refractivity contribution < 1.29 is 247 Å². The number of rotatable bonds is 30. The zero-order chi connectivity index (χ0) is 87.5. The average molecular weight is 1750 g/mol. The quantitative estimate of drug-likeness (QED) is 0.0318. The van der Waals surface area contributed by atoms with E-state index in [4.69, 9.17) is 90.0 Å². The molecule has 10 rings (SSSR count). The zero-order valence-electron chi connectivity index (χ0n) is 63.7. The molecule has 0 aromatic heterocycles. The van der Waals surface area contributed by atoms with Crippen LogP contribution in [0.15, 0.2) is 0 Å². The van der Waals surface area contributed by atoms with Gasteiger partial charge < -0.3 is 249 Å². The van der Waals surface area contributed by atoms with Gasteiger partial charge in [-0.05, 0) is 6.92 Å². The highest BCUT2D eigenvalue weighted by atomic mass is 16.8. The van der Waals surface area contributed by atoms with Gasteiger partial charge in [0.25, 0.3) is 0 Å². The standard InChI is InChI=1S/C66H111N3O50/c1-14-30(80)39(89)45(95)62(103-14)116-53-29(69-17(4)79)59(110-24(11-76)52(53)115-63-46(96)41(91)32(82)19(6-71)106-63)119-56-43(93)34(84)21(8-73)108-66(56)118-55-36(86)26(112-65(49(55)99)114-51-23(10-75)109-58(28(38(51)88)68-16(3)78)113-50-22(9-74)104-57(100)27(37(50)87)67-15(2)77)13-102-61-48(98)54(117-64-47(97)42(92)33(83)20(7-72)107-64)35(85)25(111-61)12-101-60-44(94)40(90)31(81)18(5-70)105-60/h14,18-66,70-76,80-100H,5-13H2,1-4H3,(H,67,77)(H,68,78)(H,69,79)/t14-,18+,19+,20+,21+,22+,23+,24+,25+,26+,27+,28+,29+,30+,31+,32-,33+,34+,35+,36+,37+,38+,39+,40-,41-,42-,43-,44-,45-,46+,47-,48-,49-,50+,51+,52+,53+,54-,55-,56-,57+,58-,59-,60-,61-,62-,63-,64+,65-,66+/m0/s1. The van der Waals surface area contributed by atoms with Gasteiger partial charge in [0, 0.05) is 20.8 Å². The van der Waals surface area contributed by atoms with Crippen molar-refractivity contribution in [2.75, 3.05) is 59.5 Å². The van der Waals surface area contributed by atoms with Crippen LogP contribution in [0.2, 0.25) is 0 Å². The van der Waals surface area contributed by atoms with E-state index in [1.165, 1.54) is 6.92 Å². The Bertz CT molecular complexity index is 3160. The fourth-order valence-electron chi connectivity index (χ4n) is 15.4. The van der Waals surface area contributed by atoms with E-state index in [1.807, 2.05) is 0 Å². The third-order valence-corrected chi connectivity index (χ3v) is 22.0. The molecule has 0 spiro atoms. The Hall–Kier alpha value is -3.47. The number of hydrogen-bond acceptors (Lipinski definition) is 50. The molecule has 0 saturated carbocycles. The second-order valence-electron chi connectivity index (χ2n) is 30.3. The largest absolute Gasteiger partial charge is 0.394 e. The van der Waals surface area contributed by atoms with E-state index in [2.05, 4.69) is 16.0 Å². The molecule has 3 amide bonds. The number of nitrogens with one attached hydrogen (secondary N) is 3. The normalized spacial score (nSPS) is 50.7. The van der Waals surface area contributed by atoms with Crippen molar-refractivity contribution in [3.05, 3.63) is 0 Å². The summed E-state index contributed by atoms with van der Waals surface area (Å²) in [6.07, 6.45) is -99.4. The van der Waals surface area contributed by atoms with Crippen LogP contribution >= 0.6 is 0 Å². The fourth-order valence-corrected chi connectivity index (χ4v) is 15.4. The second-order valence-corrected chi connectivity index (χ2v) is 30.3. The van der Waals surface area contributed by atoms with Crippen molar-refractivity contribution in [1.82, 2.24) is 16.0 Å². The third kappa shape index (κ3) is 21.4. The Morgan fingerprint density at radius 3 is 0.992 bits per heavy atom. The zero-order valence-corrected chi connectivity index (χ0v) is 63.7. The Morgan fingerprint density at radius 2 is 0.521 bits per heavy atom. The molecule has 10 aliphatic heterocycles. The number of hydrogen-bond donors (Lipinski definition) is 31. The summed E-state index contributed by atoms with van der Waals surface area (Å²) in [5.74, 6) is -2.80. The predicted octanol–water partition coefficient (Wildman–Crippen LogP) is -21.3. The summed E-state index contributed by atoms with van der Waals surface area (Å²) < 4.78 is 113. The summed E-state index contributed by atoms with van der Waals surface area (Å²) in [4.78, 5) is 38.8. The molecular weight excluding hydrogens is 1630 g/mol. The van der Waals surface area contributed by atoms with Crippen molar-refractivity contribution in [1.29, 1.82) is 0 Å². The second kappa shape index (κ2) is 42.4. The van der Waals surface area contributed by atoms with Crippen LogP contribution in [0.4, 0.5) is 0 Å². The maximum atomic E-state index is 13.5. The molecule has 690 valence electrons. The topological polar surface area (TPSA) is 829 Å². The average Bonchev–Trinajstić information content (AvgIpc) is 0.741. The lowest BCUT2D eigenvalue weighted by atomic mass is 9.93. The van der Waals surface area contributed by atoms with E-state index in [-0.39, 0.29) is 0 Å². The van der Waals surface area contributed by atoms with Gasteiger partial charge in [-0.2, -0.15) is 0 Å². The minimum absolute atomic E-state index is 0.802. The van der Waals surface area contributed by atoms with Gasteiger partial charge in [0.1, 0.15) is 238 Å². The molecule has 31 N–H and O–H groups in total. The summed E-state index contributed by atoms with van der Waals surface area (Å²) in [6, 6.07) is -5.70. The Morgan fingerprint density at radius 1 is 0.235 bits per heavy atom. The lowest BCUT2D eigenvalue weighted by molar-refractivity contribution is -0.403. The van der Waals surface area contributed by atoms with Crippen molar-refractivity contribution in [3.63, 3.8) is 0 Å². The molecule has 10 fully saturated rings. The van der Waals surface area contributed by atoms with Gasteiger partial charge in [-0.3, -0.25) is 14.4 Å². The van der Waals surface area contributed by atoms with E-state index in [0.29, 0.717) is 0 Å². The summed E-state index contributed by atoms with van der Waals surface area (Å²) >= 11 is 0. The molecule has 53 heteroatoms. The Balaban J connectivity index is 1.02. The van der Waals surface area contributed by atoms with E-state index >= 15 is 0 Å². The van der Waals surface area contributed by atoms with Crippen LogP contribution in [0.3, 0.4) is 0 Å². The molecule has 10 aliphatic rings. The van der Waals surface area contributed by atoms with Crippen LogP contribution in [0.5, 0.6) is 0 Å². The van der Waals surface area contributed by atoms with Crippen LogP contribution in [0.1, 0.15) is 27.7 Å². The molecular formula is C66H111N3O50. The fraction of sp³-hybridized carbons (Fsp3) is 0.955. The first-order valence-electron chi connectivity index (χ1n) is 38.0. The number of amides is 3. The highest BCUT2D eigenvalue weighted by Gasteiger charge is 2.62. The highest BCUT2D eigenvalue weighted by molar-refractivity contribution is 5.74. The van der Waals surface area contributed by atoms with Crippen LogP contribution in [-0.2, 0) is 104 Å². The van der Waals surface area contributed by atoms with Gasteiger partial charge in [-0.15, -0.1) is 0 Å². The van der Waals surface area contributed by atoms with Crippen LogP contribution in [0, 0.1) is 0 Å². The SMILES string of the molecule is CC(=O)N[C@@H]1[C@@H](O)[C@H](O[C@@H]2O[C@H](CO)[C@@H](O[C@@H]3O[C@H](CO[C@H]4O[C@H](CO[C@H]5O[C@H](CO)[C@@H](O)[C@H](O)[C@@H]5O)[C@@H](O)[C@H](O[C@H]5O[C@H](CO)[C@@H](O)[C@H](O)[C@@H]5O)[C@@H]4O)[C@@H](O)[C@H](O[C@H]4O[C@H](CO)[C@@H](O)[C@H](O)[C@@H]4O[C@@H]4O[C@H](CO)[C@@H](O[C@@H]5O[C@H](CO)[C@H](O)[C@H](O)[C@H]5O)[C@H](O[C@@H]5O[C@@H](C)[C@@H](O)[C@@H](O)[C@@H]5O)[C@H]4NC(C)=O)[C@@H]3O)[C@H](O)[C@H]2NC(C)=O)[C@@H](CO)O[C@H]1O. The molecule has 10 saturated heterocycles. The van der Waals surface area contributed by atoms with Crippen LogP contribution in [-0.4, -0.2) is 527 Å². The van der Waals surface area contributed by atoms with Gasteiger partial charge in [0.15, 0.2) is 62.9 Å². The molecule has 0 radical (unpaired) electrons. The molecule has 53 nitrogen and oxygen atoms in total. The number of carbonyl (C=O) groups excluding carboxylic acids is 3. The summed E-state index contributed by atoms with van der Waals surface area (Å²) in [5.41, 5.74) is 0. The monoisotopic (exact) mass is 1750 g/mol. The minimum atomic E-state index is -2.64. The van der Waals surface area contributed by atoms with Crippen molar-refractivity contribution in [2.45, 2.75) is 335 Å². The molecule has 0 bridgehead atoms. The van der Waals surface area contributed by atoms with E-state index < -0.39 is 384 Å². The molecule has 0 aromatic carbocycles. The predicted molar refractivity (Wildman–Crippen MR) is 363 cm³/mol. The van der Waals surface area contributed by atoms with Crippen molar-refractivity contribution in [3.8, 4) is 0 Å². The first-order valence-corrected chi connectivity index (χ1v) is 38.0. The lowest BCUT2D eigenvalue weighted by Gasteiger charge is -2.52. The van der Waals surface area contributed by atoms with E-state index in [9.17, 15) is 157 Å². The molecule has 0 aliphatic carbocycles. The van der Waals surface area contributed by atoms with Crippen molar-refractivity contribution >= 4 is 17.7 Å². The summed E-state index contributed by atoms with van der Waals surface area (Å²) in [6.45, 7) is -5.97. The lowest BCUT2D eigenvalue weighted by Crippen LogP contribution is -2.71. The van der Waals surface area contributed by atoms with Gasteiger partial charge in [0.2, 0.25) is 17.7 Å². The Kier molecular flexibility index (Phi) is 34.8. The minimum Gasteiger partial charge on any atom is -0.394 e. The molecule has 0 unspecified atom stereocenters. The molecule has 50 atom stereocenters. The summed E-state index contributed by atoms with van der Waals surface area (Å²) in [5, 5.41) is 318. The van der Waals surface area contributed by atoms with Gasteiger partial charge in [-0.1, -0.05) is 0 Å². The van der Waals surface area contributed by atoms with Gasteiger partial charge in [0.05, 0.1) is 65.6 Å². The highest BCUT2D eigenvalue weighted by Crippen LogP contribution is 2.41. The maximum Gasteiger partial charge on any atom is 0.217 e. The molecule has 10 heterocycles. The molecule has 119 heavy (non-hydrogen) atoms. The van der Waals surface area contributed by atoms with E-state index in [0.717, 1.165) is 20.8 Å². The first-order chi connectivity index (χ1) is 56.3. The number of aliphatic hydroxyl groups excluding tert-OH is 28.